The van der Waals surface area contributed by atoms with E-state index in [9.17, 15) is 19.5 Å². The Morgan fingerprint density at radius 2 is 1.93 bits per heavy atom. The molecule has 0 saturated carbocycles. The van der Waals surface area contributed by atoms with Crippen molar-refractivity contribution in [3.05, 3.63) is 28.7 Å². The van der Waals surface area contributed by atoms with Gasteiger partial charge in [-0.3, -0.25) is 19.3 Å². The van der Waals surface area contributed by atoms with E-state index in [0.717, 1.165) is 42.3 Å². The zero-order valence-corrected chi connectivity index (χ0v) is 16.0. The van der Waals surface area contributed by atoms with Crippen LogP contribution in [-0.4, -0.2) is 58.7 Å². The summed E-state index contributed by atoms with van der Waals surface area (Å²) in [4.78, 5) is 40.2. The summed E-state index contributed by atoms with van der Waals surface area (Å²) in [6.07, 6.45) is 5.53. The Labute approximate surface area is 162 Å². The molecule has 8 heteroatoms. The number of carbonyl (C=O) groups excluding carboxylic acids is 3. The summed E-state index contributed by atoms with van der Waals surface area (Å²) in [5, 5.41) is 9.68. The van der Waals surface area contributed by atoms with Gasteiger partial charge in [-0.05, 0) is 36.7 Å². The molecule has 0 spiro atoms. The molecule has 3 amide bonds. The van der Waals surface area contributed by atoms with Crippen LogP contribution in [0.2, 0.25) is 0 Å². The molecule has 0 aliphatic carbocycles. The van der Waals surface area contributed by atoms with Crippen molar-refractivity contribution < 1.29 is 24.2 Å². The first-order valence-electron chi connectivity index (χ1n) is 8.90. The maximum atomic E-state index is 12.6. The third-order valence-corrected chi connectivity index (χ3v) is 5.57. The van der Waals surface area contributed by atoms with Gasteiger partial charge in [-0.25, -0.2) is 0 Å². The summed E-state index contributed by atoms with van der Waals surface area (Å²) in [5.74, 6) is -0.549. The number of ether oxygens (including phenoxy) is 1. The smallest absolute Gasteiger partial charge is 0.294 e. The van der Waals surface area contributed by atoms with Gasteiger partial charge in [0.25, 0.3) is 11.1 Å². The van der Waals surface area contributed by atoms with Gasteiger partial charge in [0, 0.05) is 18.7 Å². The van der Waals surface area contributed by atoms with Gasteiger partial charge in [0.1, 0.15) is 6.54 Å². The number of rotatable bonds is 4. The van der Waals surface area contributed by atoms with Crippen LogP contribution in [0.25, 0.3) is 6.08 Å². The van der Waals surface area contributed by atoms with Crippen LogP contribution in [0, 0.1) is 0 Å². The van der Waals surface area contributed by atoms with E-state index < -0.39 is 11.1 Å². The highest BCUT2D eigenvalue weighted by Crippen LogP contribution is 2.36. The molecule has 3 rings (SSSR count). The molecule has 7 nitrogen and oxygen atoms in total. The molecule has 2 fully saturated rings. The number of likely N-dealkylation sites (tertiary alicyclic amines) is 1. The highest BCUT2D eigenvalue weighted by atomic mass is 32.2. The van der Waals surface area contributed by atoms with Crippen LogP contribution in [0.1, 0.15) is 31.2 Å². The lowest BCUT2D eigenvalue weighted by atomic mass is 10.1. The van der Waals surface area contributed by atoms with Gasteiger partial charge in [0.05, 0.1) is 12.0 Å². The molecular weight excluding hydrogens is 368 g/mol. The van der Waals surface area contributed by atoms with Gasteiger partial charge < -0.3 is 14.7 Å². The first-order valence-corrected chi connectivity index (χ1v) is 9.72. The summed E-state index contributed by atoms with van der Waals surface area (Å²) >= 11 is 0.767. The maximum Gasteiger partial charge on any atom is 0.294 e. The zero-order valence-electron chi connectivity index (χ0n) is 15.1. The summed E-state index contributed by atoms with van der Waals surface area (Å²) in [5.41, 5.74) is 0.374. The summed E-state index contributed by atoms with van der Waals surface area (Å²) in [6, 6.07) is 4.89. The van der Waals surface area contributed by atoms with Gasteiger partial charge in [0.15, 0.2) is 11.5 Å². The van der Waals surface area contributed by atoms with Crippen molar-refractivity contribution in [3.8, 4) is 11.5 Å². The van der Waals surface area contributed by atoms with Crippen molar-refractivity contribution in [2.75, 3.05) is 26.7 Å². The van der Waals surface area contributed by atoms with Gasteiger partial charge in [-0.2, -0.15) is 0 Å². The van der Waals surface area contributed by atoms with Crippen LogP contribution in [0.3, 0.4) is 0 Å². The van der Waals surface area contributed by atoms with Gasteiger partial charge in [-0.15, -0.1) is 0 Å². The van der Waals surface area contributed by atoms with Crippen molar-refractivity contribution >= 4 is 34.9 Å². The molecular formula is C19H22N2O5S. The summed E-state index contributed by atoms with van der Waals surface area (Å²) in [7, 11) is 1.43. The lowest BCUT2D eigenvalue weighted by Crippen LogP contribution is -2.42. The van der Waals surface area contributed by atoms with E-state index in [1.165, 1.54) is 13.2 Å². The molecule has 0 bridgehead atoms. The molecule has 0 atom stereocenters. The number of phenolic OH excluding ortho intramolecular Hbond substituents is 1. The number of nitrogens with zero attached hydrogens (tertiary/aromatic N) is 2. The molecule has 1 aromatic carbocycles. The van der Waals surface area contributed by atoms with Gasteiger partial charge in [0.2, 0.25) is 5.91 Å². The second-order valence-corrected chi connectivity index (χ2v) is 7.45. The Morgan fingerprint density at radius 3 is 2.59 bits per heavy atom. The van der Waals surface area contributed by atoms with E-state index in [0.29, 0.717) is 18.7 Å². The first kappa shape index (κ1) is 19.3. The first-order chi connectivity index (χ1) is 13.0. The fourth-order valence-electron chi connectivity index (χ4n) is 3.15. The number of para-hydroxylation sites is 1. The quantitative estimate of drug-likeness (QED) is 0.796. The molecule has 1 aromatic rings. The van der Waals surface area contributed by atoms with E-state index in [-0.39, 0.29) is 28.9 Å². The maximum absolute atomic E-state index is 12.6. The Kier molecular flexibility index (Phi) is 6.05. The molecule has 2 heterocycles. The monoisotopic (exact) mass is 390 g/mol. The minimum absolute atomic E-state index is 0.104. The lowest BCUT2D eigenvalue weighted by Gasteiger charge is -2.22. The second-order valence-electron chi connectivity index (χ2n) is 6.46. The van der Waals surface area contributed by atoms with Crippen molar-refractivity contribution in [1.29, 1.82) is 0 Å². The number of thioether (sulfide) groups is 1. The molecule has 0 radical (unpaired) electrons. The van der Waals surface area contributed by atoms with Crippen molar-refractivity contribution in [2.24, 2.45) is 0 Å². The second kappa shape index (κ2) is 8.47. The molecule has 2 aliphatic rings. The summed E-state index contributed by atoms with van der Waals surface area (Å²) in [6.45, 7) is 1.09. The van der Waals surface area contributed by atoms with Crippen LogP contribution in [-0.2, 0) is 9.59 Å². The van der Waals surface area contributed by atoms with Crippen LogP contribution < -0.4 is 4.74 Å². The fourth-order valence-corrected chi connectivity index (χ4v) is 3.98. The van der Waals surface area contributed by atoms with Crippen LogP contribution in [0.4, 0.5) is 4.79 Å². The normalized spacial score (nSPS) is 19.5. The Balaban J connectivity index is 1.74. The molecule has 27 heavy (non-hydrogen) atoms. The molecule has 144 valence electrons. The highest BCUT2D eigenvalue weighted by molar-refractivity contribution is 8.18. The molecule has 0 aromatic heterocycles. The predicted octanol–water partition coefficient (Wildman–Crippen LogP) is 2.84. The number of methoxy groups -OCH3 is 1. The molecule has 1 N–H and O–H groups in total. The van der Waals surface area contributed by atoms with Crippen LogP contribution in [0.15, 0.2) is 23.1 Å². The number of carbonyl (C=O) groups is 3. The standard InChI is InChI=1S/C19H22N2O5S/c1-26-14-8-6-7-13(17(14)23)11-15-18(24)21(19(25)27-15)12-16(22)20-9-4-2-3-5-10-20/h6-8,11,23H,2-5,9-10,12H2,1H3/b15-11-. The van der Waals surface area contributed by atoms with E-state index in [4.69, 9.17) is 4.74 Å². The third-order valence-electron chi connectivity index (χ3n) is 4.66. The van der Waals surface area contributed by atoms with E-state index in [2.05, 4.69) is 0 Å². The fraction of sp³-hybridized carbons (Fsp3) is 0.421. The topological polar surface area (TPSA) is 87.2 Å². The molecule has 2 saturated heterocycles. The number of benzene rings is 1. The number of hydrogen-bond acceptors (Lipinski definition) is 6. The number of phenols is 1. The average Bonchev–Trinajstić information content (AvgIpc) is 2.87. The Bertz CT molecular complexity index is 784. The van der Waals surface area contributed by atoms with Crippen molar-refractivity contribution in [2.45, 2.75) is 25.7 Å². The number of aromatic hydroxyl groups is 1. The minimum Gasteiger partial charge on any atom is -0.504 e. The predicted molar refractivity (Wildman–Crippen MR) is 102 cm³/mol. The van der Waals surface area contributed by atoms with E-state index in [1.54, 1.807) is 23.1 Å². The minimum atomic E-state index is -0.518. The SMILES string of the molecule is COc1cccc(/C=C2\SC(=O)N(CC(=O)N3CCCCCC3)C2=O)c1O. The number of imide groups is 1. The van der Waals surface area contributed by atoms with E-state index >= 15 is 0 Å². The average molecular weight is 390 g/mol. The zero-order chi connectivity index (χ0) is 19.4. The number of hydrogen-bond donors (Lipinski definition) is 1. The lowest BCUT2D eigenvalue weighted by molar-refractivity contribution is -0.135. The van der Waals surface area contributed by atoms with Crippen molar-refractivity contribution in [3.63, 3.8) is 0 Å². The summed E-state index contributed by atoms with van der Waals surface area (Å²) < 4.78 is 5.05. The molecule has 2 aliphatic heterocycles. The van der Waals surface area contributed by atoms with Gasteiger partial charge >= 0.3 is 0 Å². The molecule has 0 unspecified atom stereocenters. The Hall–Kier alpha value is -2.48. The van der Waals surface area contributed by atoms with Crippen LogP contribution in [0.5, 0.6) is 11.5 Å². The van der Waals surface area contributed by atoms with Gasteiger partial charge in [-0.1, -0.05) is 25.0 Å². The highest BCUT2D eigenvalue weighted by Gasteiger charge is 2.37. The Morgan fingerprint density at radius 1 is 1.22 bits per heavy atom. The number of amides is 3. The largest absolute Gasteiger partial charge is 0.504 e. The third kappa shape index (κ3) is 4.27. The van der Waals surface area contributed by atoms with Crippen molar-refractivity contribution in [1.82, 2.24) is 9.80 Å². The van der Waals surface area contributed by atoms with E-state index in [1.807, 2.05) is 0 Å². The van der Waals surface area contributed by atoms with Crippen LogP contribution >= 0.6 is 11.8 Å².